The molecule has 0 saturated carbocycles. The Labute approximate surface area is 129 Å². The number of aromatic nitrogens is 1. The lowest BCUT2D eigenvalue weighted by molar-refractivity contribution is 0.0225. The highest BCUT2D eigenvalue weighted by Crippen LogP contribution is 2.32. The summed E-state index contributed by atoms with van der Waals surface area (Å²) in [6.45, 7) is 7.03. The van der Waals surface area contributed by atoms with Crippen molar-refractivity contribution in [2.24, 2.45) is 0 Å². The molecule has 0 fully saturated rings. The lowest BCUT2D eigenvalue weighted by atomic mass is 10.1. The van der Waals surface area contributed by atoms with Crippen molar-refractivity contribution >= 4 is 16.9 Å². The van der Waals surface area contributed by atoms with Crippen molar-refractivity contribution in [1.29, 1.82) is 0 Å². The van der Waals surface area contributed by atoms with Crippen LogP contribution in [0.1, 0.15) is 26.3 Å². The van der Waals surface area contributed by atoms with E-state index >= 15 is 0 Å². The Bertz CT molecular complexity index is 707. The molecule has 1 aliphatic rings. The van der Waals surface area contributed by atoms with E-state index in [-0.39, 0.29) is 6.09 Å². The van der Waals surface area contributed by atoms with Crippen LogP contribution in [0.25, 0.3) is 10.8 Å². The van der Waals surface area contributed by atoms with Crippen molar-refractivity contribution < 1.29 is 14.3 Å². The third kappa shape index (κ3) is 2.98. The van der Waals surface area contributed by atoms with Crippen molar-refractivity contribution in [1.82, 2.24) is 9.88 Å². The number of ether oxygens (including phenoxy) is 2. The molecular formula is C17H20N2O3. The maximum absolute atomic E-state index is 12.3. The summed E-state index contributed by atoms with van der Waals surface area (Å²) < 4.78 is 11.3. The zero-order valence-corrected chi connectivity index (χ0v) is 13.1. The van der Waals surface area contributed by atoms with Gasteiger partial charge in [0, 0.05) is 23.3 Å². The van der Waals surface area contributed by atoms with E-state index < -0.39 is 5.60 Å². The fraction of sp³-hybridized carbons (Fsp3) is 0.412. The van der Waals surface area contributed by atoms with Crippen LogP contribution in [0.3, 0.4) is 0 Å². The van der Waals surface area contributed by atoms with Crippen molar-refractivity contribution in [2.75, 3.05) is 13.2 Å². The summed E-state index contributed by atoms with van der Waals surface area (Å²) in [6, 6.07) is 5.98. The van der Waals surface area contributed by atoms with Crippen molar-refractivity contribution in [2.45, 2.75) is 32.9 Å². The Morgan fingerprint density at radius 2 is 2.14 bits per heavy atom. The van der Waals surface area contributed by atoms with Gasteiger partial charge in [0.15, 0.2) is 0 Å². The van der Waals surface area contributed by atoms with Gasteiger partial charge in [0.05, 0.1) is 13.1 Å². The number of hydrogen-bond donors (Lipinski definition) is 0. The largest absolute Gasteiger partial charge is 0.491 e. The second-order valence-electron chi connectivity index (χ2n) is 6.40. The third-order valence-electron chi connectivity index (χ3n) is 3.48. The zero-order valence-electron chi connectivity index (χ0n) is 13.1. The van der Waals surface area contributed by atoms with E-state index in [9.17, 15) is 4.79 Å². The minimum atomic E-state index is -0.500. The summed E-state index contributed by atoms with van der Waals surface area (Å²) in [5, 5.41) is 2.06. The maximum Gasteiger partial charge on any atom is 0.410 e. The van der Waals surface area contributed by atoms with Gasteiger partial charge in [0.25, 0.3) is 0 Å². The predicted molar refractivity (Wildman–Crippen MR) is 83.9 cm³/mol. The standard InChI is InChI=1S/C17H20N2O3/c1-17(2,3)22-16(20)19-8-9-21-15-13(11-19)5-4-12-6-7-18-10-14(12)15/h4-7,10H,8-9,11H2,1-3H3. The van der Waals surface area contributed by atoms with E-state index in [4.69, 9.17) is 9.47 Å². The highest BCUT2D eigenvalue weighted by Gasteiger charge is 2.25. The Morgan fingerprint density at radius 1 is 1.32 bits per heavy atom. The normalized spacial score (nSPS) is 15.0. The summed E-state index contributed by atoms with van der Waals surface area (Å²) in [6.07, 6.45) is 3.26. The van der Waals surface area contributed by atoms with Crippen LogP contribution in [0.2, 0.25) is 0 Å². The summed E-state index contributed by atoms with van der Waals surface area (Å²) in [5.74, 6) is 0.816. The van der Waals surface area contributed by atoms with Gasteiger partial charge in [-0.2, -0.15) is 0 Å². The fourth-order valence-corrected chi connectivity index (χ4v) is 2.50. The van der Waals surface area contributed by atoms with E-state index in [0.29, 0.717) is 19.7 Å². The average molecular weight is 300 g/mol. The van der Waals surface area contributed by atoms with Crippen LogP contribution in [0.4, 0.5) is 4.79 Å². The van der Waals surface area contributed by atoms with Crippen LogP contribution in [-0.2, 0) is 11.3 Å². The first-order valence-corrected chi connectivity index (χ1v) is 7.40. The van der Waals surface area contributed by atoms with Crippen LogP contribution in [0.15, 0.2) is 30.6 Å². The van der Waals surface area contributed by atoms with Gasteiger partial charge in [0.2, 0.25) is 0 Å². The molecule has 2 heterocycles. The molecule has 0 radical (unpaired) electrons. The molecule has 0 spiro atoms. The molecule has 2 aromatic rings. The zero-order chi connectivity index (χ0) is 15.7. The number of amides is 1. The number of rotatable bonds is 0. The number of benzene rings is 1. The molecule has 1 aromatic carbocycles. The molecule has 3 rings (SSSR count). The summed E-state index contributed by atoms with van der Waals surface area (Å²) in [7, 11) is 0. The maximum atomic E-state index is 12.3. The highest BCUT2D eigenvalue weighted by molar-refractivity contribution is 5.89. The van der Waals surface area contributed by atoms with Gasteiger partial charge in [-0.3, -0.25) is 4.98 Å². The van der Waals surface area contributed by atoms with E-state index in [1.54, 1.807) is 17.3 Å². The lowest BCUT2D eigenvalue weighted by Crippen LogP contribution is -2.37. The van der Waals surface area contributed by atoms with E-state index in [1.807, 2.05) is 39.0 Å². The Hall–Kier alpha value is -2.30. The van der Waals surface area contributed by atoms with E-state index in [1.165, 1.54) is 0 Å². The molecular weight excluding hydrogens is 280 g/mol. The lowest BCUT2D eigenvalue weighted by Gasteiger charge is -2.26. The first-order chi connectivity index (χ1) is 10.4. The molecule has 1 amide bonds. The van der Waals surface area contributed by atoms with Crippen molar-refractivity contribution in [3.8, 4) is 5.75 Å². The number of carbonyl (C=O) groups is 1. The molecule has 0 aliphatic carbocycles. The van der Waals surface area contributed by atoms with Gasteiger partial charge in [-0.1, -0.05) is 12.1 Å². The van der Waals surface area contributed by atoms with Crippen LogP contribution >= 0.6 is 0 Å². The van der Waals surface area contributed by atoms with Crippen LogP contribution in [-0.4, -0.2) is 34.7 Å². The van der Waals surface area contributed by atoms with Crippen molar-refractivity contribution in [3.05, 3.63) is 36.2 Å². The molecule has 116 valence electrons. The summed E-state index contributed by atoms with van der Waals surface area (Å²) >= 11 is 0. The number of nitrogens with zero attached hydrogens (tertiary/aromatic N) is 2. The first-order valence-electron chi connectivity index (χ1n) is 7.40. The number of fused-ring (bicyclic) bond motifs is 3. The molecule has 0 unspecified atom stereocenters. The smallest absolute Gasteiger partial charge is 0.410 e. The minimum absolute atomic E-state index is 0.310. The molecule has 22 heavy (non-hydrogen) atoms. The monoisotopic (exact) mass is 300 g/mol. The molecule has 5 heteroatoms. The highest BCUT2D eigenvalue weighted by atomic mass is 16.6. The molecule has 0 saturated heterocycles. The number of hydrogen-bond acceptors (Lipinski definition) is 4. The van der Waals surface area contributed by atoms with Gasteiger partial charge in [0.1, 0.15) is 18.0 Å². The quantitative estimate of drug-likeness (QED) is 0.748. The summed E-state index contributed by atoms with van der Waals surface area (Å²) in [4.78, 5) is 18.1. The SMILES string of the molecule is CC(C)(C)OC(=O)N1CCOc2c(ccc3ccncc23)C1. The topological polar surface area (TPSA) is 51.7 Å². The number of pyridine rings is 1. The second kappa shape index (κ2) is 5.48. The van der Waals surface area contributed by atoms with E-state index in [0.717, 1.165) is 22.1 Å². The van der Waals surface area contributed by atoms with Gasteiger partial charge in [-0.25, -0.2) is 4.79 Å². The molecule has 5 nitrogen and oxygen atoms in total. The Balaban J connectivity index is 1.90. The summed E-state index contributed by atoms with van der Waals surface area (Å²) in [5.41, 5.74) is 0.476. The Kier molecular flexibility index (Phi) is 3.64. The van der Waals surface area contributed by atoms with Crippen LogP contribution in [0.5, 0.6) is 5.75 Å². The van der Waals surface area contributed by atoms with Gasteiger partial charge < -0.3 is 14.4 Å². The molecule has 1 aliphatic heterocycles. The van der Waals surface area contributed by atoms with E-state index in [2.05, 4.69) is 4.98 Å². The van der Waals surface area contributed by atoms with Gasteiger partial charge in [-0.15, -0.1) is 0 Å². The minimum Gasteiger partial charge on any atom is -0.491 e. The molecule has 1 aromatic heterocycles. The molecule has 0 bridgehead atoms. The van der Waals surface area contributed by atoms with Crippen LogP contribution < -0.4 is 4.74 Å². The fourth-order valence-electron chi connectivity index (χ4n) is 2.50. The number of carbonyl (C=O) groups excluding carboxylic acids is 1. The molecule has 0 atom stereocenters. The van der Waals surface area contributed by atoms with Crippen molar-refractivity contribution in [3.63, 3.8) is 0 Å². The second-order valence-corrected chi connectivity index (χ2v) is 6.40. The van der Waals surface area contributed by atoms with Crippen LogP contribution in [0, 0.1) is 0 Å². The van der Waals surface area contributed by atoms with Gasteiger partial charge >= 0.3 is 6.09 Å². The molecule has 0 N–H and O–H groups in total. The third-order valence-corrected chi connectivity index (χ3v) is 3.48. The van der Waals surface area contributed by atoms with Gasteiger partial charge in [-0.05, 0) is 32.2 Å². The first kappa shape index (κ1) is 14.6. The average Bonchev–Trinajstić information content (AvgIpc) is 2.68. The Morgan fingerprint density at radius 3 is 2.91 bits per heavy atom. The predicted octanol–water partition coefficient (Wildman–Crippen LogP) is 3.36.